The van der Waals surface area contributed by atoms with Crippen LogP contribution in [-0.4, -0.2) is 26.2 Å². The predicted molar refractivity (Wildman–Crippen MR) is 105 cm³/mol. The molecule has 142 valence electrons. The Morgan fingerprint density at radius 1 is 1.11 bits per heavy atom. The van der Waals surface area contributed by atoms with Crippen LogP contribution in [0.5, 0.6) is 17.2 Å². The fourth-order valence-electron chi connectivity index (χ4n) is 3.06. The lowest BCUT2D eigenvalue weighted by Gasteiger charge is -2.25. The maximum atomic E-state index is 12.5. The third kappa shape index (κ3) is 4.61. The van der Waals surface area contributed by atoms with Crippen molar-refractivity contribution >= 4 is 12.0 Å². The molecule has 2 aromatic rings. The van der Waals surface area contributed by atoms with Gasteiger partial charge in [0.05, 0.1) is 13.2 Å². The summed E-state index contributed by atoms with van der Waals surface area (Å²) in [7, 11) is 1.61. The standard InChI is InChI=1S/C22H25NO4/c1-15(2)22(17-8-10-19-20(14-17)27-13-12-26-19)23-21(24)11-9-16-6-4-5-7-18(16)25-3/h4-11,14-15,22H,12-13H2,1-3H3,(H,23,24)/b11-9+/t22-/m0/s1. The number of para-hydroxylation sites is 1. The first kappa shape index (κ1) is 18.8. The summed E-state index contributed by atoms with van der Waals surface area (Å²) in [4.78, 5) is 12.5. The highest BCUT2D eigenvalue weighted by Gasteiger charge is 2.20. The van der Waals surface area contributed by atoms with Gasteiger partial charge in [-0.05, 0) is 35.8 Å². The topological polar surface area (TPSA) is 56.8 Å². The van der Waals surface area contributed by atoms with Crippen LogP contribution in [0.2, 0.25) is 0 Å². The quantitative estimate of drug-likeness (QED) is 0.785. The van der Waals surface area contributed by atoms with Crippen LogP contribution in [0.1, 0.15) is 31.0 Å². The predicted octanol–water partition coefficient (Wildman–Crippen LogP) is 3.99. The lowest BCUT2D eigenvalue weighted by Crippen LogP contribution is -2.30. The second kappa shape index (κ2) is 8.62. The Labute approximate surface area is 159 Å². The summed E-state index contributed by atoms with van der Waals surface area (Å²) in [5.74, 6) is 2.26. The summed E-state index contributed by atoms with van der Waals surface area (Å²) in [6.45, 7) is 5.25. The molecule has 0 saturated carbocycles. The molecule has 1 aliphatic heterocycles. The number of rotatable bonds is 6. The van der Waals surface area contributed by atoms with E-state index in [9.17, 15) is 4.79 Å². The van der Waals surface area contributed by atoms with E-state index in [0.717, 1.165) is 28.4 Å². The molecule has 0 spiro atoms. The van der Waals surface area contributed by atoms with Gasteiger partial charge in [-0.15, -0.1) is 0 Å². The third-order valence-electron chi connectivity index (χ3n) is 4.44. The van der Waals surface area contributed by atoms with Gasteiger partial charge in [-0.1, -0.05) is 38.1 Å². The molecular weight excluding hydrogens is 342 g/mol. The van der Waals surface area contributed by atoms with Gasteiger partial charge in [-0.2, -0.15) is 0 Å². The van der Waals surface area contributed by atoms with E-state index >= 15 is 0 Å². The third-order valence-corrected chi connectivity index (χ3v) is 4.44. The van der Waals surface area contributed by atoms with E-state index in [4.69, 9.17) is 14.2 Å². The van der Waals surface area contributed by atoms with Crippen LogP contribution in [0.3, 0.4) is 0 Å². The molecule has 0 bridgehead atoms. The minimum Gasteiger partial charge on any atom is -0.496 e. The molecule has 5 heteroatoms. The molecule has 1 amide bonds. The lowest BCUT2D eigenvalue weighted by atomic mass is 9.95. The molecule has 2 aromatic carbocycles. The summed E-state index contributed by atoms with van der Waals surface area (Å²) in [5.41, 5.74) is 1.85. The average Bonchev–Trinajstić information content (AvgIpc) is 2.70. The van der Waals surface area contributed by atoms with Crippen molar-refractivity contribution in [2.24, 2.45) is 5.92 Å². The average molecular weight is 367 g/mol. The minimum absolute atomic E-state index is 0.129. The molecule has 1 N–H and O–H groups in total. The zero-order chi connectivity index (χ0) is 19.2. The fourth-order valence-corrected chi connectivity index (χ4v) is 3.06. The Balaban J connectivity index is 1.74. The van der Waals surface area contributed by atoms with Crippen LogP contribution in [0.15, 0.2) is 48.5 Å². The molecule has 0 fully saturated rings. The van der Waals surface area contributed by atoms with Crippen LogP contribution in [0, 0.1) is 5.92 Å². The van der Waals surface area contributed by atoms with Gasteiger partial charge < -0.3 is 19.5 Å². The highest BCUT2D eigenvalue weighted by atomic mass is 16.6. The number of fused-ring (bicyclic) bond motifs is 1. The lowest BCUT2D eigenvalue weighted by molar-refractivity contribution is -0.117. The molecule has 1 heterocycles. The van der Waals surface area contributed by atoms with Gasteiger partial charge in [0.25, 0.3) is 0 Å². The van der Waals surface area contributed by atoms with E-state index in [1.165, 1.54) is 6.08 Å². The number of benzene rings is 2. The van der Waals surface area contributed by atoms with Crippen molar-refractivity contribution in [3.8, 4) is 17.2 Å². The molecular formula is C22H25NO4. The summed E-state index contributed by atoms with van der Waals surface area (Å²) in [6, 6.07) is 13.3. The number of hydrogen-bond acceptors (Lipinski definition) is 4. The first-order valence-corrected chi connectivity index (χ1v) is 9.09. The summed E-state index contributed by atoms with van der Waals surface area (Å²) < 4.78 is 16.5. The smallest absolute Gasteiger partial charge is 0.244 e. The van der Waals surface area contributed by atoms with Crippen molar-refractivity contribution in [3.05, 3.63) is 59.7 Å². The molecule has 27 heavy (non-hydrogen) atoms. The zero-order valence-electron chi connectivity index (χ0n) is 15.9. The van der Waals surface area contributed by atoms with E-state index in [0.29, 0.717) is 13.2 Å². The number of amides is 1. The Bertz CT molecular complexity index is 829. The SMILES string of the molecule is COc1ccccc1/C=C/C(=O)N[C@H](c1ccc2c(c1)OCCO2)C(C)C. The molecule has 0 aliphatic carbocycles. The van der Waals surface area contributed by atoms with Gasteiger partial charge in [0.2, 0.25) is 5.91 Å². The van der Waals surface area contributed by atoms with Gasteiger partial charge in [-0.3, -0.25) is 4.79 Å². The van der Waals surface area contributed by atoms with Crippen LogP contribution in [-0.2, 0) is 4.79 Å². The van der Waals surface area contributed by atoms with Crippen LogP contribution < -0.4 is 19.5 Å². The van der Waals surface area contributed by atoms with Crippen molar-refractivity contribution in [1.29, 1.82) is 0 Å². The number of hydrogen-bond donors (Lipinski definition) is 1. The number of nitrogens with one attached hydrogen (secondary N) is 1. The van der Waals surface area contributed by atoms with Crippen molar-refractivity contribution < 1.29 is 19.0 Å². The Morgan fingerprint density at radius 2 is 1.85 bits per heavy atom. The van der Waals surface area contributed by atoms with E-state index in [1.807, 2.05) is 42.5 Å². The summed E-state index contributed by atoms with van der Waals surface area (Å²) in [6.07, 6.45) is 3.29. The van der Waals surface area contributed by atoms with E-state index in [-0.39, 0.29) is 17.9 Å². The molecule has 3 rings (SSSR count). The highest BCUT2D eigenvalue weighted by molar-refractivity contribution is 5.92. The molecule has 0 aromatic heterocycles. The number of methoxy groups -OCH3 is 1. The van der Waals surface area contributed by atoms with E-state index in [1.54, 1.807) is 13.2 Å². The second-order valence-electron chi connectivity index (χ2n) is 6.71. The number of ether oxygens (including phenoxy) is 3. The molecule has 0 radical (unpaired) electrons. The molecule has 5 nitrogen and oxygen atoms in total. The van der Waals surface area contributed by atoms with Crippen molar-refractivity contribution in [3.63, 3.8) is 0 Å². The molecule has 0 saturated heterocycles. The monoisotopic (exact) mass is 367 g/mol. The molecule has 0 unspecified atom stereocenters. The highest BCUT2D eigenvalue weighted by Crippen LogP contribution is 2.34. The van der Waals surface area contributed by atoms with Gasteiger partial charge >= 0.3 is 0 Å². The van der Waals surface area contributed by atoms with Crippen molar-refractivity contribution in [2.45, 2.75) is 19.9 Å². The van der Waals surface area contributed by atoms with Gasteiger partial charge in [0.15, 0.2) is 11.5 Å². The van der Waals surface area contributed by atoms with Gasteiger partial charge in [-0.25, -0.2) is 0 Å². The van der Waals surface area contributed by atoms with Crippen molar-refractivity contribution in [2.75, 3.05) is 20.3 Å². The van der Waals surface area contributed by atoms with E-state index in [2.05, 4.69) is 19.2 Å². The first-order chi connectivity index (χ1) is 13.1. The second-order valence-corrected chi connectivity index (χ2v) is 6.71. The van der Waals surface area contributed by atoms with Crippen LogP contribution in [0.4, 0.5) is 0 Å². The van der Waals surface area contributed by atoms with Crippen molar-refractivity contribution in [1.82, 2.24) is 5.32 Å². The summed E-state index contributed by atoms with van der Waals surface area (Å²) in [5, 5.41) is 3.08. The largest absolute Gasteiger partial charge is 0.496 e. The molecule has 1 atom stereocenters. The minimum atomic E-state index is -0.158. The van der Waals surface area contributed by atoms with Gasteiger partial charge in [0, 0.05) is 11.6 Å². The maximum Gasteiger partial charge on any atom is 0.244 e. The molecule has 1 aliphatic rings. The normalized spacial score (nSPS) is 14.2. The van der Waals surface area contributed by atoms with E-state index < -0.39 is 0 Å². The van der Waals surface area contributed by atoms with Crippen LogP contribution in [0.25, 0.3) is 6.08 Å². The Hall–Kier alpha value is -2.95. The van der Waals surface area contributed by atoms with Gasteiger partial charge in [0.1, 0.15) is 19.0 Å². The first-order valence-electron chi connectivity index (χ1n) is 9.09. The fraction of sp³-hybridized carbons (Fsp3) is 0.318. The number of carbonyl (C=O) groups excluding carboxylic acids is 1. The maximum absolute atomic E-state index is 12.5. The number of carbonyl (C=O) groups is 1. The van der Waals surface area contributed by atoms with Crippen LogP contribution >= 0.6 is 0 Å². The Kier molecular flexibility index (Phi) is 6.01. The zero-order valence-corrected chi connectivity index (χ0v) is 15.9. The summed E-state index contributed by atoms with van der Waals surface area (Å²) >= 11 is 0. The Morgan fingerprint density at radius 3 is 2.59 bits per heavy atom.